The summed E-state index contributed by atoms with van der Waals surface area (Å²) in [6.45, 7) is 2.18. The topological polar surface area (TPSA) is 114 Å². The first-order valence-corrected chi connectivity index (χ1v) is 10.3. The summed E-state index contributed by atoms with van der Waals surface area (Å²) in [7, 11) is 0. The number of aliphatic carboxylic acids is 1. The number of carboxylic acid groups (broad SMARTS) is 1. The van der Waals surface area contributed by atoms with Crippen molar-refractivity contribution >= 4 is 5.97 Å². The van der Waals surface area contributed by atoms with Crippen molar-refractivity contribution in [3.05, 3.63) is 66.7 Å². The second-order valence-corrected chi connectivity index (χ2v) is 8.01. The van der Waals surface area contributed by atoms with Crippen LogP contribution in [0.1, 0.15) is 18.4 Å². The highest BCUT2D eigenvalue weighted by molar-refractivity contribution is 5.78. The Morgan fingerprint density at radius 3 is 2.47 bits per heavy atom. The minimum Gasteiger partial charge on any atom is -0.481 e. The van der Waals surface area contributed by atoms with Crippen LogP contribution in [0, 0.1) is 12.3 Å². The van der Waals surface area contributed by atoms with Gasteiger partial charge in [0.25, 0.3) is 0 Å². The van der Waals surface area contributed by atoms with Gasteiger partial charge in [-0.25, -0.2) is 15.0 Å². The molecular weight excluding hydrogens is 406 g/mol. The van der Waals surface area contributed by atoms with Crippen LogP contribution in [-0.4, -0.2) is 42.6 Å². The van der Waals surface area contributed by atoms with E-state index < -0.39 is 11.4 Å². The van der Waals surface area contributed by atoms with Crippen LogP contribution in [0.3, 0.4) is 0 Å². The number of aromatic amines is 1. The highest BCUT2D eigenvalue weighted by Crippen LogP contribution is 2.46. The quantitative estimate of drug-likeness (QED) is 0.455. The average Bonchev–Trinajstić information content (AvgIpc) is 3.47. The number of pyridine rings is 1. The molecule has 8 nitrogen and oxygen atoms in total. The van der Waals surface area contributed by atoms with Gasteiger partial charge in [-0.2, -0.15) is 0 Å². The number of nitrogens with one attached hydrogen (secondary N) is 1. The lowest BCUT2D eigenvalue weighted by molar-refractivity contribution is -0.144. The Balaban J connectivity index is 1.28. The summed E-state index contributed by atoms with van der Waals surface area (Å²) in [5, 5.41) is 9.22. The van der Waals surface area contributed by atoms with Crippen LogP contribution in [0.5, 0.6) is 5.88 Å². The van der Waals surface area contributed by atoms with E-state index in [0.29, 0.717) is 30.2 Å². The van der Waals surface area contributed by atoms with Gasteiger partial charge in [0.1, 0.15) is 17.7 Å². The Kier molecular flexibility index (Phi) is 4.89. The Labute approximate surface area is 184 Å². The third-order valence-corrected chi connectivity index (χ3v) is 5.74. The van der Waals surface area contributed by atoms with E-state index in [1.807, 2.05) is 30.5 Å². The van der Waals surface area contributed by atoms with E-state index in [1.165, 1.54) is 11.8 Å². The molecule has 0 atom stereocenters. The summed E-state index contributed by atoms with van der Waals surface area (Å²) < 4.78 is 5.53. The first-order valence-electron chi connectivity index (χ1n) is 10.3. The predicted octanol–water partition coefficient (Wildman–Crippen LogP) is 4.15. The molecule has 32 heavy (non-hydrogen) atoms. The zero-order valence-electron chi connectivity index (χ0n) is 17.4. The fraction of sp³-hybridized carbons (Fsp3) is 0.208. The highest BCUT2D eigenvalue weighted by Gasteiger charge is 2.51. The molecule has 1 aliphatic carbocycles. The number of aromatic nitrogens is 5. The van der Waals surface area contributed by atoms with Crippen LogP contribution in [-0.2, 0) is 4.79 Å². The summed E-state index contributed by atoms with van der Waals surface area (Å²) in [5.41, 5.74) is 4.65. The van der Waals surface area contributed by atoms with Crippen LogP contribution in [0.25, 0.3) is 34.0 Å². The number of benzene rings is 1. The van der Waals surface area contributed by atoms with E-state index in [2.05, 4.69) is 44.0 Å². The number of carboxylic acids is 1. The van der Waals surface area contributed by atoms with Crippen molar-refractivity contribution in [3.8, 4) is 39.9 Å². The van der Waals surface area contributed by atoms with Gasteiger partial charge in [-0.05, 0) is 37.5 Å². The molecule has 0 saturated heterocycles. The van der Waals surface area contributed by atoms with Gasteiger partial charge < -0.3 is 14.8 Å². The molecule has 1 fully saturated rings. The predicted molar refractivity (Wildman–Crippen MR) is 118 cm³/mol. The van der Waals surface area contributed by atoms with Crippen molar-refractivity contribution in [2.24, 2.45) is 5.41 Å². The van der Waals surface area contributed by atoms with Crippen LogP contribution in [0.4, 0.5) is 0 Å². The van der Waals surface area contributed by atoms with Crippen LogP contribution < -0.4 is 4.74 Å². The van der Waals surface area contributed by atoms with Gasteiger partial charge in [0.05, 0.1) is 30.0 Å². The second-order valence-electron chi connectivity index (χ2n) is 8.01. The fourth-order valence-electron chi connectivity index (χ4n) is 3.47. The summed E-state index contributed by atoms with van der Waals surface area (Å²) in [4.78, 5) is 32.2. The molecule has 8 heteroatoms. The average molecular weight is 427 g/mol. The van der Waals surface area contributed by atoms with Crippen molar-refractivity contribution < 1.29 is 14.6 Å². The lowest BCUT2D eigenvalue weighted by Crippen LogP contribution is -2.23. The molecule has 1 saturated carbocycles. The molecule has 0 unspecified atom stereocenters. The zero-order chi connectivity index (χ0) is 22.1. The van der Waals surface area contributed by atoms with Crippen molar-refractivity contribution in [1.82, 2.24) is 24.9 Å². The first-order chi connectivity index (χ1) is 15.5. The zero-order valence-corrected chi connectivity index (χ0v) is 17.4. The van der Waals surface area contributed by atoms with Crippen LogP contribution in [0.2, 0.25) is 0 Å². The largest absolute Gasteiger partial charge is 0.481 e. The van der Waals surface area contributed by atoms with E-state index in [4.69, 9.17) is 4.74 Å². The number of hydrogen-bond acceptors (Lipinski definition) is 6. The van der Waals surface area contributed by atoms with Crippen molar-refractivity contribution in [2.75, 3.05) is 6.61 Å². The van der Waals surface area contributed by atoms with Gasteiger partial charge in [-0.3, -0.25) is 9.78 Å². The first kappa shape index (κ1) is 19.9. The summed E-state index contributed by atoms with van der Waals surface area (Å²) in [6.07, 6.45) is 7.90. The van der Waals surface area contributed by atoms with Gasteiger partial charge in [0, 0.05) is 17.3 Å². The molecule has 0 aliphatic heterocycles. The van der Waals surface area contributed by atoms with Crippen molar-refractivity contribution in [2.45, 2.75) is 19.8 Å². The number of rotatable bonds is 7. The summed E-state index contributed by atoms with van der Waals surface area (Å²) >= 11 is 0. The Bertz CT molecular complexity index is 1260. The molecule has 1 aromatic carbocycles. The van der Waals surface area contributed by atoms with E-state index in [-0.39, 0.29) is 6.61 Å². The second kappa shape index (κ2) is 7.88. The fourth-order valence-corrected chi connectivity index (χ4v) is 3.47. The monoisotopic (exact) mass is 427 g/mol. The number of carbonyl (C=O) groups is 1. The maximum atomic E-state index is 11.2. The molecular formula is C24H21N5O3. The summed E-state index contributed by atoms with van der Waals surface area (Å²) in [5.74, 6) is 0.179. The number of ether oxygens (including phenoxy) is 1. The highest BCUT2D eigenvalue weighted by atomic mass is 16.5. The number of imidazole rings is 1. The van der Waals surface area contributed by atoms with Gasteiger partial charge in [0.2, 0.25) is 5.88 Å². The van der Waals surface area contributed by atoms with E-state index >= 15 is 0 Å². The molecule has 4 aromatic rings. The standard InChI is InChI=1S/C24H21N5O3/c1-15-4-2-3-5-17(15)20-12-28-22(29-20)18-7-6-16(10-25-18)19-11-27-21(13-26-19)32-14-24(8-9-24)23(30)31/h2-7,10-13H,8-9,14H2,1H3,(H,28,29)(H,30,31). The van der Waals surface area contributed by atoms with Crippen LogP contribution in [0.15, 0.2) is 61.2 Å². The molecule has 3 aromatic heterocycles. The number of hydrogen-bond donors (Lipinski definition) is 2. The van der Waals surface area contributed by atoms with E-state index in [0.717, 1.165) is 22.5 Å². The van der Waals surface area contributed by atoms with E-state index in [1.54, 1.807) is 12.4 Å². The van der Waals surface area contributed by atoms with Gasteiger partial charge in [-0.15, -0.1) is 0 Å². The lowest BCUT2D eigenvalue weighted by Gasteiger charge is -2.10. The molecule has 0 radical (unpaired) electrons. The minimum absolute atomic E-state index is 0.111. The van der Waals surface area contributed by atoms with Crippen molar-refractivity contribution in [1.29, 1.82) is 0 Å². The molecule has 5 rings (SSSR count). The third-order valence-electron chi connectivity index (χ3n) is 5.74. The molecule has 0 spiro atoms. The summed E-state index contributed by atoms with van der Waals surface area (Å²) in [6, 6.07) is 11.9. The number of aryl methyl sites for hydroxylation is 1. The molecule has 0 amide bonds. The maximum absolute atomic E-state index is 11.2. The minimum atomic E-state index is -0.823. The maximum Gasteiger partial charge on any atom is 0.313 e. The normalized spacial score (nSPS) is 14.2. The Hall–Kier alpha value is -4.07. The SMILES string of the molecule is Cc1ccccc1-c1cnc(-c2ccc(-c3cnc(OCC4(C(=O)O)CC4)cn3)cn2)[nH]1. The van der Waals surface area contributed by atoms with Gasteiger partial charge in [-0.1, -0.05) is 24.3 Å². The van der Waals surface area contributed by atoms with Gasteiger partial charge in [0.15, 0.2) is 5.82 Å². The number of nitrogens with zero attached hydrogens (tertiary/aromatic N) is 4. The van der Waals surface area contributed by atoms with Crippen LogP contribution >= 0.6 is 0 Å². The lowest BCUT2D eigenvalue weighted by atomic mass is 10.1. The van der Waals surface area contributed by atoms with Gasteiger partial charge >= 0.3 is 5.97 Å². The molecule has 3 heterocycles. The molecule has 160 valence electrons. The van der Waals surface area contributed by atoms with E-state index in [9.17, 15) is 9.90 Å². The molecule has 2 N–H and O–H groups in total. The molecule has 0 bridgehead atoms. The number of H-pyrrole nitrogens is 1. The Morgan fingerprint density at radius 2 is 1.81 bits per heavy atom. The van der Waals surface area contributed by atoms with Crippen molar-refractivity contribution in [3.63, 3.8) is 0 Å². The Morgan fingerprint density at radius 1 is 1.00 bits per heavy atom. The smallest absolute Gasteiger partial charge is 0.313 e. The molecule has 1 aliphatic rings. The third kappa shape index (κ3) is 3.82.